The van der Waals surface area contributed by atoms with Gasteiger partial charge in [0.05, 0.1) is 12.3 Å². The van der Waals surface area contributed by atoms with Crippen LogP contribution in [0.1, 0.15) is 6.42 Å². The zero-order valence-electron chi connectivity index (χ0n) is 11.6. The van der Waals surface area contributed by atoms with Crippen LogP contribution in [0.2, 0.25) is 0 Å². The van der Waals surface area contributed by atoms with Crippen molar-refractivity contribution in [2.75, 3.05) is 30.8 Å². The van der Waals surface area contributed by atoms with E-state index >= 15 is 0 Å². The summed E-state index contributed by atoms with van der Waals surface area (Å²) in [5.74, 6) is 0.502. The third-order valence-corrected chi connectivity index (χ3v) is 3.08. The van der Waals surface area contributed by atoms with E-state index in [0.717, 1.165) is 24.4 Å². The number of benzene rings is 2. The second-order valence-corrected chi connectivity index (χ2v) is 4.64. The molecule has 0 aromatic heterocycles. The van der Waals surface area contributed by atoms with Crippen LogP contribution in [0.25, 0.3) is 0 Å². The molecular weight excluding hydrogens is 255 g/mol. The van der Waals surface area contributed by atoms with E-state index in [4.69, 9.17) is 10.5 Å². The first kappa shape index (κ1) is 14.2. The van der Waals surface area contributed by atoms with Crippen molar-refractivity contribution in [1.82, 2.24) is 0 Å². The number of anilines is 2. The molecule has 2 N–H and O–H groups in total. The highest BCUT2D eigenvalue weighted by atomic mass is 19.1. The second kappa shape index (κ2) is 6.80. The third kappa shape index (κ3) is 3.88. The van der Waals surface area contributed by atoms with Crippen LogP contribution in [0, 0.1) is 5.82 Å². The number of halogens is 1. The molecule has 0 saturated heterocycles. The lowest BCUT2D eigenvalue weighted by Gasteiger charge is -2.19. The van der Waals surface area contributed by atoms with Gasteiger partial charge in [-0.25, -0.2) is 4.39 Å². The largest absolute Gasteiger partial charge is 0.491 e. The number of ether oxygens (including phenoxy) is 1. The average molecular weight is 274 g/mol. The Bertz CT molecular complexity index is 542. The number of nitrogen functional groups attached to an aromatic ring is 1. The molecule has 0 saturated carbocycles. The highest BCUT2D eigenvalue weighted by molar-refractivity contribution is 5.51. The number of nitrogens with zero attached hydrogens (tertiary/aromatic N) is 1. The van der Waals surface area contributed by atoms with Crippen LogP contribution in [0.3, 0.4) is 0 Å². The van der Waals surface area contributed by atoms with Gasteiger partial charge in [-0.05, 0) is 42.8 Å². The maximum atomic E-state index is 12.8. The smallest absolute Gasteiger partial charge is 0.142 e. The fourth-order valence-corrected chi connectivity index (χ4v) is 1.92. The SMILES string of the molecule is CN(CCCOc1ccccc1N)c1ccc(F)cc1. The van der Waals surface area contributed by atoms with E-state index in [2.05, 4.69) is 4.90 Å². The molecule has 0 spiro atoms. The van der Waals surface area contributed by atoms with Gasteiger partial charge in [0, 0.05) is 19.3 Å². The quantitative estimate of drug-likeness (QED) is 0.648. The summed E-state index contributed by atoms with van der Waals surface area (Å²) in [6, 6.07) is 13.9. The van der Waals surface area contributed by atoms with Crippen molar-refractivity contribution in [3.8, 4) is 5.75 Å². The van der Waals surface area contributed by atoms with Gasteiger partial charge in [-0.2, -0.15) is 0 Å². The lowest BCUT2D eigenvalue weighted by molar-refractivity contribution is 0.314. The predicted molar refractivity (Wildman–Crippen MR) is 80.6 cm³/mol. The molecule has 2 aromatic carbocycles. The molecule has 0 bridgehead atoms. The number of rotatable bonds is 6. The first-order valence-electron chi connectivity index (χ1n) is 6.61. The standard InChI is InChI=1S/C16H19FN2O/c1-19(14-9-7-13(17)8-10-14)11-4-12-20-16-6-3-2-5-15(16)18/h2-3,5-10H,4,11-12,18H2,1H3. The van der Waals surface area contributed by atoms with Crippen LogP contribution < -0.4 is 15.4 Å². The van der Waals surface area contributed by atoms with Crippen LogP contribution in [0.5, 0.6) is 5.75 Å². The summed E-state index contributed by atoms with van der Waals surface area (Å²) in [5.41, 5.74) is 7.44. The molecule has 0 aliphatic heterocycles. The maximum absolute atomic E-state index is 12.8. The first-order valence-corrected chi connectivity index (χ1v) is 6.61. The molecular formula is C16H19FN2O. The van der Waals surface area contributed by atoms with E-state index in [1.807, 2.05) is 31.3 Å². The minimum atomic E-state index is -0.218. The van der Waals surface area contributed by atoms with E-state index in [9.17, 15) is 4.39 Å². The summed E-state index contributed by atoms with van der Waals surface area (Å²) >= 11 is 0. The summed E-state index contributed by atoms with van der Waals surface area (Å²) < 4.78 is 18.5. The Kier molecular flexibility index (Phi) is 4.82. The van der Waals surface area contributed by atoms with E-state index < -0.39 is 0 Å². The highest BCUT2D eigenvalue weighted by Gasteiger charge is 2.02. The highest BCUT2D eigenvalue weighted by Crippen LogP contribution is 2.20. The number of hydrogen-bond donors (Lipinski definition) is 1. The molecule has 106 valence electrons. The van der Waals surface area contributed by atoms with E-state index in [1.165, 1.54) is 12.1 Å². The molecule has 2 aromatic rings. The topological polar surface area (TPSA) is 38.5 Å². The van der Waals surface area contributed by atoms with Crippen molar-refractivity contribution in [3.63, 3.8) is 0 Å². The summed E-state index contributed by atoms with van der Waals surface area (Å²) in [6.45, 7) is 1.43. The van der Waals surface area contributed by atoms with Crippen LogP contribution in [0.15, 0.2) is 48.5 Å². The van der Waals surface area contributed by atoms with Crippen LogP contribution >= 0.6 is 0 Å². The second-order valence-electron chi connectivity index (χ2n) is 4.64. The molecule has 0 atom stereocenters. The van der Waals surface area contributed by atoms with Crippen LogP contribution in [-0.4, -0.2) is 20.2 Å². The minimum Gasteiger partial charge on any atom is -0.491 e. The van der Waals surface area contributed by atoms with Crippen molar-refractivity contribution < 1.29 is 9.13 Å². The lowest BCUT2D eigenvalue weighted by atomic mass is 10.3. The molecule has 2 rings (SSSR count). The molecule has 4 heteroatoms. The maximum Gasteiger partial charge on any atom is 0.142 e. The van der Waals surface area contributed by atoms with Crippen LogP contribution in [-0.2, 0) is 0 Å². The normalized spacial score (nSPS) is 10.3. The number of hydrogen-bond acceptors (Lipinski definition) is 3. The Hall–Kier alpha value is -2.23. The zero-order chi connectivity index (χ0) is 14.4. The molecule has 0 amide bonds. The number of nitrogens with two attached hydrogens (primary N) is 1. The first-order chi connectivity index (χ1) is 9.66. The average Bonchev–Trinajstić information content (AvgIpc) is 2.46. The summed E-state index contributed by atoms with van der Waals surface area (Å²) in [5, 5.41) is 0. The van der Waals surface area contributed by atoms with E-state index in [1.54, 1.807) is 12.1 Å². The molecule has 0 heterocycles. The van der Waals surface area contributed by atoms with Crippen molar-refractivity contribution in [2.45, 2.75) is 6.42 Å². The summed E-state index contributed by atoms with van der Waals surface area (Å²) in [7, 11) is 1.98. The van der Waals surface area contributed by atoms with Crippen molar-refractivity contribution in [1.29, 1.82) is 0 Å². The fourth-order valence-electron chi connectivity index (χ4n) is 1.92. The Balaban J connectivity index is 1.76. The zero-order valence-corrected chi connectivity index (χ0v) is 11.6. The predicted octanol–water partition coefficient (Wildman–Crippen LogP) is 3.31. The lowest BCUT2D eigenvalue weighted by Crippen LogP contribution is -2.20. The molecule has 0 radical (unpaired) electrons. The Morgan fingerprint density at radius 3 is 2.50 bits per heavy atom. The summed E-state index contributed by atoms with van der Waals surface area (Å²) in [6.07, 6.45) is 0.863. The molecule has 3 nitrogen and oxygen atoms in total. The Morgan fingerprint density at radius 1 is 1.10 bits per heavy atom. The van der Waals surface area contributed by atoms with Gasteiger partial charge in [-0.3, -0.25) is 0 Å². The molecule has 0 fully saturated rings. The summed E-state index contributed by atoms with van der Waals surface area (Å²) in [4.78, 5) is 2.07. The Labute approximate surface area is 118 Å². The van der Waals surface area contributed by atoms with Gasteiger partial charge in [-0.15, -0.1) is 0 Å². The molecule has 0 unspecified atom stereocenters. The van der Waals surface area contributed by atoms with Crippen molar-refractivity contribution in [3.05, 3.63) is 54.3 Å². The van der Waals surface area contributed by atoms with Gasteiger partial charge in [0.2, 0.25) is 0 Å². The van der Waals surface area contributed by atoms with Crippen molar-refractivity contribution in [2.24, 2.45) is 0 Å². The van der Waals surface area contributed by atoms with Crippen molar-refractivity contribution >= 4 is 11.4 Å². The van der Waals surface area contributed by atoms with E-state index in [-0.39, 0.29) is 5.82 Å². The molecule has 20 heavy (non-hydrogen) atoms. The van der Waals surface area contributed by atoms with E-state index in [0.29, 0.717) is 12.3 Å². The number of para-hydroxylation sites is 2. The van der Waals surface area contributed by atoms with Gasteiger partial charge >= 0.3 is 0 Å². The fraction of sp³-hybridized carbons (Fsp3) is 0.250. The van der Waals surface area contributed by atoms with Gasteiger partial charge in [0.15, 0.2) is 0 Å². The molecule has 0 aliphatic carbocycles. The van der Waals surface area contributed by atoms with Gasteiger partial charge in [0.25, 0.3) is 0 Å². The molecule has 0 aliphatic rings. The van der Waals surface area contributed by atoms with Crippen LogP contribution in [0.4, 0.5) is 15.8 Å². The Morgan fingerprint density at radius 2 is 1.80 bits per heavy atom. The minimum absolute atomic E-state index is 0.218. The van der Waals surface area contributed by atoms with Gasteiger partial charge in [-0.1, -0.05) is 12.1 Å². The monoisotopic (exact) mass is 274 g/mol. The van der Waals surface area contributed by atoms with Gasteiger partial charge < -0.3 is 15.4 Å². The third-order valence-electron chi connectivity index (χ3n) is 3.08. The van der Waals surface area contributed by atoms with Gasteiger partial charge in [0.1, 0.15) is 11.6 Å².